The van der Waals surface area contributed by atoms with Crippen LogP contribution in [0.1, 0.15) is 0 Å². The van der Waals surface area contributed by atoms with Crippen molar-refractivity contribution in [2.75, 3.05) is 20.3 Å². The summed E-state index contributed by atoms with van der Waals surface area (Å²) in [5.74, 6) is 4.66. The summed E-state index contributed by atoms with van der Waals surface area (Å²) in [5, 5.41) is 2.37. The Morgan fingerprint density at radius 1 is 1.78 bits per heavy atom. The predicted molar refractivity (Wildman–Crippen MR) is 30.5 cm³/mol. The van der Waals surface area contributed by atoms with Gasteiger partial charge in [0.25, 0.3) is 0 Å². The van der Waals surface area contributed by atoms with E-state index in [1.807, 2.05) is 0 Å². The van der Waals surface area contributed by atoms with Crippen LogP contribution in [0.5, 0.6) is 0 Å². The fourth-order valence-corrected chi connectivity index (χ4v) is 0.284. The summed E-state index contributed by atoms with van der Waals surface area (Å²) in [7, 11) is 1.29. The SMILES string of the molecule is COC(=O)NCCON. The first kappa shape index (κ1) is 8.19. The second-order valence-corrected chi connectivity index (χ2v) is 1.29. The Labute approximate surface area is 53.1 Å². The zero-order valence-electron chi connectivity index (χ0n) is 5.22. The number of carbonyl (C=O) groups is 1. The van der Waals surface area contributed by atoms with Gasteiger partial charge in [-0.05, 0) is 0 Å². The highest BCUT2D eigenvalue weighted by Crippen LogP contribution is 1.68. The van der Waals surface area contributed by atoms with Crippen molar-refractivity contribution < 1.29 is 14.4 Å². The van der Waals surface area contributed by atoms with Gasteiger partial charge in [-0.15, -0.1) is 0 Å². The monoisotopic (exact) mass is 134 g/mol. The number of methoxy groups -OCH3 is 1. The van der Waals surface area contributed by atoms with E-state index in [0.717, 1.165) is 0 Å². The third kappa shape index (κ3) is 5.05. The summed E-state index contributed by atoms with van der Waals surface area (Å²) in [6.45, 7) is 0.651. The number of rotatable bonds is 3. The van der Waals surface area contributed by atoms with E-state index in [0.29, 0.717) is 6.54 Å². The van der Waals surface area contributed by atoms with Crippen LogP contribution in [0.4, 0.5) is 4.79 Å². The minimum atomic E-state index is -0.480. The van der Waals surface area contributed by atoms with Gasteiger partial charge < -0.3 is 14.9 Å². The summed E-state index contributed by atoms with van der Waals surface area (Å²) in [6.07, 6.45) is -0.480. The van der Waals surface area contributed by atoms with Gasteiger partial charge in [0, 0.05) is 6.54 Å². The van der Waals surface area contributed by atoms with E-state index < -0.39 is 6.09 Å². The summed E-state index contributed by atoms with van der Waals surface area (Å²) in [4.78, 5) is 14.4. The van der Waals surface area contributed by atoms with Crippen LogP contribution in [-0.4, -0.2) is 26.4 Å². The minimum Gasteiger partial charge on any atom is -0.453 e. The lowest BCUT2D eigenvalue weighted by molar-refractivity contribution is 0.132. The van der Waals surface area contributed by atoms with Gasteiger partial charge in [-0.2, -0.15) is 0 Å². The number of hydrogen-bond donors (Lipinski definition) is 2. The van der Waals surface area contributed by atoms with Crippen LogP contribution >= 0.6 is 0 Å². The molecule has 0 rings (SSSR count). The van der Waals surface area contributed by atoms with Gasteiger partial charge in [-0.3, -0.25) is 0 Å². The molecule has 0 unspecified atom stereocenters. The Hall–Kier alpha value is -0.810. The van der Waals surface area contributed by atoms with Crippen LogP contribution in [0.3, 0.4) is 0 Å². The Morgan fingerprint density at radius 2 is 2.44 bits per heavy atom. The first-order valence-corrected chi connectivity index (χ1v) is 2.44. The number of alkyl carbamates (subject to hydrolysis) is 1. The van der Waals surface area contributed by atoms with E-state index in [1.54, 1.807) is 0 Å². The summed E-state index contributed by atoms with van der Waals surface area (Å²) in [5.41, 5.74) is 0. The highest BCUT2D eigenvalue weighted by molar-refractivity contribution is 5.66. The molecule has 0 aliphatic rings. The Kier molecular flexibility index (Phi) is 4.85. The molecule has 0 heterocycles. The largest absolute Gasteiger partial charge is 0.453 e. The first-order chi connectivity index (χ1) is 4.31. The number of ether oxygens (including phenoxy) is 1. The molecular formula is C4H10N2O3. The highest BCUT2D eigenvalue weighted by atomic mass is 16.6. The summed E-state index contributed by atoms with van der Waals surface area (Å²) >= 11 is 0. The third-order valence-corrected chi connectivity index (χ3v) is 0.675. The van der Waals surface area contributed by atoms with Gasteiger partial charge in [-0.25, -0.2) is 10.7 Å². The molecule has 0 aromatic rings. The molecule has 0 radical (unpaired) electrons. The molecule has 0 saturated heterocycles. The molecule has 0 aliphatic carbocycles. The normalized spacial score (nSPS) is 8.67. The van der Waals surface area contributed by atoms with Crippen molar-refractivity contribution in [2.24, 2.45) is 5.90 Å². The summed E-state index contributed by atoms with van der Waals surface area (Å²) in [6, 6.07) is 0. The van der Waals surface area contributed by atoms with Crippen LogP contribution in [-0.2, 0) is 9.57 Å². The summed E-state index contributed by atoms with van der Waals surface area (Å²) < 4.78 is 4.25. The molecule has 54 valence electrons. The van der Waals surface area contributed by atoms with Crippen LogP contribution in [0.15, 0.2) is 0 Å². The van der Waals surface area contributed by atoms with Gasteiger partial charge in [-0.1, -0.05) is 0 Å². The molecule has 0 fully saturated rings. The van der Waals surface area contributed by atoms with Crippen LogP contribution in [0.2, 0.25) is 0 Å². The molecule has 1 amide bonds. The lowest BCUT2D eigenvalue weighted by Gasteiger charge is -1.99. The number of nitrogens with one attached hydrogen (secondary N) is 1. The highest BCUT2D eigenvalue weighted by Gasteiger charge is 1.93. The second-order valence-electron chi connectivity index (χ2n) is 1.29. The molecular weight excluding hydrogens is 124 g/mol. The van der Waals surface area contributed by atoms with Crippen molar-refractivity contribution in [3.63, 3.8) is 0 Å². The van der Waals surface area contributed by atoms with E-state index >= 15 is 0 Å². The zero-order valence-corrected chi connectivity index (χ0v) is 5.22. The molecule has 0 aromatic carbocycles. The molecule has 9 heavy (non-hydrogen) atoms. The van der Waals surface area contributed by atoms with Crippen LogP contribution in [0.25, 0.3) is 0 Å². The van der Waals surface area contributed by atoms with Crippen LogP contribution < -0.4 is 11.2 Å². The maximum atomic E-state index is 10.3. The molecule has 0 spiro atoms. The number of amides is 1. The van der Waals surface area contributed by atoms with Crippen LogP contribution in [0, 0.1) is 0 Å². The molecule has 5 nitrogen and oxygen atoms in total. The zero-order chi connectivity index (χ0) is 7.11. The Morgan fingerprint density at radius 3 is 2.89 bits per heavy atom. The van der Waals surface area contributed by atoms with E-state index in [2.05, 4.69) is 20.8 Å². The molecule has 5 heteroatoms. The Balaban J connectivity index is 2.97. The third-order valence-electron chi connectivity index (χ3n) is 0.675. The van der Waals surface area contributed by atoms with Gasteiger partial charge in [0.1, 0.15) is 0 Å². The molecule has 0 atom stereocenters. The van der Waals surface area contributed by atoms with Crippen molar-refractivity contribution in [1.82, 2.24) is 5.32 Å². The molecule has 0 saturated carbocycles. The molecule has 0 aromatic heterocycles. The van der Waals surface area contributed by atoms with Gasteiger partial charge in [0.15, 0.2) is 0 Å². The lowest BCUT2D eigenvalue weighted by atomic mass is 10.7. The molecule has 3 N–H and O–H groups in total. The average molecular weight is 134 g/mol. The number of carbonyl (C=O) groups excluding carboxylic acids is 1. The van der Waals surface area contributed by atoms with Gasteiger partial charge >= 0.3 is 6.09 Å². The number of hydrogen-bond acceptors (Lipinski definition) is 4. The maximum Gasteiger partial charge on any atom is 0.406 e. The van der Waals surface area contributed by atoms with E-state index in [4.69, 9.17) is 0 Å². The van der Waals surface area contributed by atoms with E-state index in [1.165, 1.54) is 7.11 Å². The average Bonchev–Trinajstić information content (AvgIpc) is 1.89. The predicted octanol–water partition coefficient (Wildman–Crippen LogP) is -0.767. The maximum absolute atomic E-state index is 10.3. The molecule has 0 aliphatic heterocycles. The van der Waals surface area contributed by atoms with Gasteiger partial charge in [0.05, 0.1) is 13.7 Å². The lowest BCUT2D eigenvalue weighted by Crippen LogP contribution is -2.27. The van der Waals surface area contributed by atoms with Crippen molar-refractivity contribution in [1.29, 1.82) is 0 Å². The molecule has 0 bridgehead atoms. The second kappa shape index (κ2) is 5.33. The van der Waals surface area contributed by atoms with Crippen molar-refractivity contribution >= 4 is 6.09 Å². The van der Waals surface area contributed by atoms with Crippen molar-refractivity contribution in [3.8, 4) is 0 Å². The topological polar surface area (TPSA) is 73.6 Å². The standard InChI is InChI=1S/C4H10N2O3/c1-8-4(7)6-2-3-9-5/h2-3,5H2,1H3,(H,6,7). The first-order valence-electron chi connectivity index (χ1n) is 2.44. The Bertz CT molecular complexity index is 85.9. The van der Waals surface area contributed by atoms with Crippen molar-refractivity contribution in [2.45, 2.75) is 0 Å². The number of nitrogens with two attached hydrogens (primary N) is 1. The van der Waals surface area contributed by atoms with Crippen molar-refractivity contribution in [3.05, 3.63) is 0 Å². The van der Waals surface area contributed by atoms with E-state index in [-0.39, 0.29) is 6.61 Å². The fraction of sp³-hybridized carbons (Fsp3) is 0.750. The minimum absolute atomic E-state index is 0.287. The smallest absolute Gasteiger partial charge is 0.406 e. The van der Waals surface area contributed by atoms with Gasteiger partial charge in [0.2, 0.25) is 0 Å². The quantitative estimate of drug-likeness (QED) is 0.392. The fourth-order valence-electron chi connectivity index (χ4n) is 0.284. The van der Waals surface area contributed by atoms with E-state index in [9.17, 15) is 4.79 Å².